The van der Waals surface area contributed by atoms with Crippen LogP contribution in [0.3, 0.4) is 0 Å². The van der Waals surface area contributed by atoms with Crippen molar-refractivity contribution < 1.29 is 23.3 Å². The van der Waals surface area contributed by atoms with E-state index in [1.54, 1.807) is 12.1 Å². The molecule has 0 spiro atoms. The van der Waals surface area contributed by atoms with Gasteiger partial charge in [-0.15, -0.1) is 0 Å². The zero-order valence-electron chi connectivity index (χ0n) is 19.8. The molecule has 39 heavy (non-hydrogen) atoms. The molecule has 2 aromatic carbocycles. The van der Waals surface area contributed by atoms with Crippen molar-refractivity contribution in [1.82, 2.24) is 29.7 Å². The van der Waals surface area contributed by atoms with Crippen LogP contribution in [0.4, 0.5) is 10.2 Å². The number of hydrogen-bond donors (Lipinski definition) is 3. The minimum Gasteiger partial charge on any atom is -0.364 e. The van der Waals surface area contributed by atoms with Gasteiger partial charge in [0, 0.05) is 28.1 Å². The number of aromatic nitrogens is 4. The lowest BCUT2D eigenvalue weighted by Gasteiger charge is -2.28. The normalized spacial score (nSPS) is 14.6. The van der Waals surface area contributed by atoms with Crippen LogP contribution in [0.2, 0.25) is 5.02 Å². The zero-order valence-corrected chi connectivity index (χ0v) is 21.3. The first kappa shape index (κ1) is 24.7. The number of rotatable bonds is 6. The molecule has 3 aromatic heterocycles. The number of hydrogen-bond acceptors (Lipinski definition) is 8. The van der Waals surface area contributed by atoms with Gasteiger partial charge in [0.05, 0.1) is 22.6 Å². The molecular formula is C25H17ClFN7O4S. The highest BCUT2D eigenvalue weighted by Crippen LogP contribution is 2.36. The zero-order chi connectivity index (χ0) is 27.1. The molecule has 0 bridgehead atoms. The molecule has 14 heteroatoms. The summed E-state index contributed by atoms with van der Waals surface area (Å²) in [5.41, 5.74) is 1.28. The third kappa shape index (κ3) is 4.62. The van der Waals surface area contributed by atoms with Crippen LogP contribution < -0.4 is 16.0 Å². The molecular weight excluding hydrogens is 549 g/mol. The Bertz CT molecular complexity index is 1750. The highest BCUT2D eigenvalue weighted by Gasteiger charge is 2.36. The van der Waals surface area contributed by atoms with E-state index in [2.05, 4.69) is 30.5 Å². The first-order valence-electron chi connectivity index (χ1n) is 11.6. The van der Waals surface area contributed by atoms with Gasteiger partial charge in [-0.05, 0) is 35.8 Å². The molecule has 0 saturated carbocycles. The second kappa shape index (κ2) is 9.93. The van der Waals surface area contributed by atoms with E-state index >= 15 is 0 Å². The van der Waals surface area contributed by atoms with Gasteiger partial charge in [0.25, 0.3) is 11.8 Å². The van der Waals surface area contributed by atoms with E-state index < -0.39 is 29.6 Å². The minimum atomic E-state index is -1.01. The maximum absolute atomic E-state index is 14.2. The van der Waals surface area contributed by atoms with Crippen LogP contribution >= 0.6 is 23.1 Å². The summed E-state index contributed by atoms with van der Waals surface area (Å²) in [6.07, 6.45) is 2.82. The quantitative estimate of drug-likeness (QED) is 0.285. The first-order valence-corrected chi connectivity index (χ1v) is 12.7. The summed E-state index contributed by atoms with van der Waals surface area (Å²) in [5.74, 6) is -2.35. The van der Waals surface area contributed by atoms with Crippen LogP contribution in [-0.2, 0) is 17.9 Å². The summed E-state index contributed by atoms with van der Waals surface area (Å²) in [7, 11) is 0. The van der Waals surface area contributed by atoms with Gasteiger partial charge in [-0.3, -0.25) is 14.4 Å². The molecule has 0 radical (unpaired) electrons. The maximum atomic E-state index is 14.2. The van der Waals surface area contributed by atoms with Gasteiger partial charge < -0.3 is 25.0 Å². The van der Waals surface area contributed by atoms with Gasteiger partial charge in [0.15, 0.2) is 5.82 Å². The van der Waals surface area contributed by atoms with Crippen molar-refractivity contribution in [3.8, 4) is 0 Å². The molecule has 0 aliphatic carbocycles. The molecule has 196 valence electrons. The number of anilines is 1. The summed E-state index contributed by atoms with van der Waals surface area (Å²) < 4.78 is 25.5. The summed E-state index contributed by atoms with van der Waals surface area (Å²) >= 11 is 7.56. The van der Waals surface area contributed by atoms with Crippen molar-refractivity contribution in [1.29, 1.82) is 0 Å². The van der Waals surface area contributed by atoms with Gasteiger partial charge in [0.1, 0.15) is 24.3 Å². The largest absolute Gasteiger partial charge is 0.364 e. The number of imidazole rings is 1. The monoisotopic (exact) mass is 565 g/mol. The molecule has 11 nitrogen and oxygen atoms in total. The fourth-order valence-electron chi connectivity index (χ4n) is 4.35. The van der Waals surface area contributed by atoms with Crippen molar-refractivity contribution in [3.63, 3.8) is 0 Å². The first-order chi connectivity index (χ1) is 18.9. The van der Waals surface area contributed by atoms with Crippen LogP contribution in [-0.4, -0.2) is 36.8 Å². The van der Waals surface area contributed by atoms with E-state index in [9.17, 15) is 18.8 Å². The van der Waals surface area contributed by atoms with Gasteiger partial charge in [-0.2, -0.15) is 4.37 Å². The number of benzene rings is 2. The topological polar surface area (TPSA) is 144 Å². The lowest BCUT2D eigenvalue weighted by atomic mass is 10.0. The molecule has 5 aromatic rings. The highest BCUT2D eigenvalue weighted by atomic mass is 35.5. The van der Waals surface area contributed by atoms with E-state index in [0.29, 0.717) is 10.9 Å². The standard InChI is InChI=1S/C25H17ClFN7O4S/c26-16-6-5-13(27)7-15(16)19-21-22(32-24(36)20-14-3-1-2-4-17(14)39-33-20)31-23(34(21)10-18(35)30-19)25(37)28-8-12-9-29-38-11-12/h1-7,9,11,19H,8,10H2,(H,28,37)(H,30,35)(H,32,36). The molecule has 1 unspecified atom stereocenters. The number of halogens is 2. The fourth-order valence-corrected chi connectivity index (χ4v) is 5.35. The number of nitrogens with zero attached hydrogens (tertiary/aromatic N) is 4. The van der Waals surface area contributed by atoms with Crippen LogP contribution in [0.25, 0.3) is 10.1 Å². The molecule has 1 aliphatic heterocycles. The van der Waals surface area contributed by atoms with Crippen molar-refractivity contribution in [2.24, 2.45) is 0 Å². The molecule has 1 aliphatic rings. The second-order valence-corrected chi connectivity index (χ2v) is 9.83. The number of carbonyl (C=O) groups excluding carboxylic acids is 3. The van der Waals surface area contributed by atoms with Crippen molar-refractivity contribution in [2.45, 2.75) is 19.1 Å². The number of carbonyl (C=O) groups is 3. The number of fused-ring (bicyclic) bond motifs is 2. The van der Waals surface area contributed by atoms with Gasteiger partial charge in [0.2, 0.25) is 11.7 Å². The number of nitrogens with one attached hydrogen (secondary N) is 3. The Kier molecular flexibility index (Phi) is 6.29. The molecule has 6 rings (SSSR count). The van der Waals surface area contributed by atoms with Crippen LogP contribution in [0, 0.1) is 5.82 Å². The lowest BCUT2D eigenvalue weighted by Crippen LogP contribution is -2.41. The van der Waals surface area contributed by atoms with Gasteiger partial charge >= 0.3 is 0 Å². The molecule has 0 saturated heterocycles. The van der Waals surface area contributed by atoms with E-state index in [0.717, 1.165) is 4.70 Å². The van der Waals surface area contributed by atoms with Crippen LogP contribution in [0.15, 0.2) is 59.4 Å². The summed E-state index contributed by atoms with van der Waals surface area (Å²) in [6.45, 7) is -0.181. The average molecular weight is 566 g/mol. The van der Waals surface area contributed by atoms with E-state index in [1.807, 2.05) is 12.1 Å². The Labute approximate surface area is 228 Å². The third-order valence-electron chi connectivity index (χ3n) is 6.12. The summed E-state index contributed by atoms with van der Waals surface area (Å²) in [6, 6.07) is 9.97. The van der Waals surface area contributed by atoms with Crippen molar-refractivity contribution in [2.75, 3.05) is 5.32 Å². The van der Waals surface area contributed by atoms with Crippen molar-refractivity contribution >= 4 is 56.8 Å². The summed E-state index contributed by atoms with van der Waals surface area (Å²) in [5, 5.41) is 12.6. The lowest BCUT2D eigenvalue weighted by molar-refractivity contribution is -0.123. The Morgan fingerprint density at radius 2 is 2.08 bits per heavy atom. The predicted molar refractivity (Wildman–Crippen MR) is 139 cm³/mol. The number of amides is 3. The van der Waals surface area contributed by atoms with Crippen LogP contribution in [0.1, 0.15) is 44.0 Å². The highest BCUT2D eigenvalue weighted by molar-refractivity contribution is 7.13. The van der Waals surface area contributed by atoms with Crippen LogP contribution in [0.5, 0.6) is 0 Å². The molecule has 3 amide bonds. The fraction of sp³-hybridized carbons (Fsp3) is 0.120. The van der Waals surface area contributed by atoms with Crippen molar-refractivity contribution in [3.05, 3.63) is 94.1 Å². The minimum absolute atomic E-state index is 0.00228. The predicted octanol–water partition coefficient (Wildman–Crippen LogP) is 3.67. The third-order valence-corrected chi connectivity index (χ3v) is 7.29. The second-order valence-electron chi connectivity index (χ2n) is 8.62. The Hall–Kier alpha value is -4.62. The maximum Gasteiger partial charge on any atom is 0.287 e. The molecule has 0 fully saturated rings. The van der Waals surface area contributed by atoms with E-state index in [-0.39, 0.29) is 46.7 Å². The van der Waals surface area contributed by atoms with Gasteiger partial charge in [-0.25, -0.2) is 9.37 Å². The SMILES string of the molecule is O=C1Cn2c(C(=O)NCc3cnoc3)nc(NC(=O)c3nsc4ccccc34)c2C(c2cc(F)ccc2Cl)N1. The van der Waals surface area contributed by atoms with E-state index in [4.69, 9.17) is 16.1 Å². The Morgan fingerprint density at radius 3 is 2.90 bits per heavy atom. The smallest absolute Gasteiger partial charge is 0.287 e. The molecule has 1 atom stereocenters. The molecule has 4 heterocycles. The average Bonchev–Trinajstić information content (AvgIpc) is 3.67. The summed E-state index contributed by atoms with van der Waals surface area (Å²) in [4.78, 5) is 43.7. The Balaban J connectivity index is 1.43. The van der Waals surface area contributed by atoms with Gasteiger partial charge in [-0.1, -0.05) is 35.0 Å². The van der Waals surface area contributed by atoms with E-state index in [1.165, 1.54) is 46.8 Å². The Morgan fingerprint density at radius 1 is 1.23 bits per heavy atom. The molecule has 3 N–H and O–H groups in total.